The fourth-order valence-electron chi connectivity index (χ4n) is 7.76. The van der Waals surface area contributed by atoms with E-state index in [1.165, 1.54) is 28.1 Å². The number of aromatic nitrogens is 1. The fourth-order valence-corrected chi connectivity index (χ4v) is 9.03. The molecule has 0 saturated carbocycles. The van der Waals surface area contributed by atoms with E-state index in [9.17, 15) is 14.4 Å². The smallest absolute Gasteiger partial charge is 0.282 e. The number of piperazine rings is 1. The van der Waals surface area contributed by atoms with Crippen LogP contribution < -0.4 is 14.5 Å². The maximum atomic E-state index is 13.8. The van der Waals surface area contributed by atoms with Gasteiger partial charge in [0.15, 0.2) is 5.83 Å². The minimum atomic E-state index is -0.998. The molecule has 4 aliphatic heterocycles. The summed E-state index contributed by atoms with van der Waals surface area (Å²) in [4.78, 5) is 26.2. The second kappa shape index (κ2) is 11.8. The maximum Gasteiger partial charge on any atom is 0.282 e. The highest BCUT2D eigenvalue weighted by Gasteiger charge is 2.45. The zero-order valence-electron chi connectivity index (χ0n) is 24.7. The van der Waals surface area contributed by atoms with Crippen LogP contribution in [0.3, 0.4) is 0 Å². The Labute approximate surface area is 266 Å². The third kappa shape index (κ3) is 5.29. The van der Waals surface area contributed by atoms with Gasteiger partial charge in [-0.05, 0) is 68.3 Å². The van der Waals surface area contributed by atoms with Crippen molar-refractivity contribution >= 4 is 50.4 Å². The van der Waals surface area contributed by atoms with Crippen molar-refractivity contribution in [1.82, 2.24) is 14.8 Å². The van der Waals surface area contributed by atoms with Crippen molar-refractivity contribution in [2.24, 2.45) is 0 Å². The predicted molar refractivity (Wildman–Crippen MR) is 172 cm³/mol. The average Bonchev–Trinajstić information content (AvgIpc) is 3.72. The first kappa shape index (κ1) is 29.3. The molecule has 44 heavy (non-hydrogen) atoms. The third-order valence-electron chi connectivity index (χ3n) is 9.90. The average molecular weight is 635 g/mol. The zero-order chi connectivity index (χ0) is 30.4. The number of rotatable bonds is 7. The molecule has 7 rings (SSSR count). The molecule has 3 saturated heterocycles. The molecule has 1 aromatic carbocycles. The molecular weight excluding hydrogens is 599 g/mol. The molecule has 1 atom stereocenters. The van der Waals surface area contributed by atoms with Crippen molar-refractivity contribution in [2.75, 3.05) is 55.7 Å². The van der Waals surface area contributed by atoms with Gasteiger partial charge in [0.1, 0.15) is 12.4 Å². The number of pyridine rings is 1. The van der Waals surface area contributed by atoms with E-state index in [1.807, 2.05) is 6.07 Å². The van der Waals surface area contributed by atoms with Crippen LogP contribution in [-0.4, -0.2) is 78.1 Å². The minimum Gasteiger partial charge on any atom is -0.476 e. The standard InChI is InChI=1S/C33H36ClFN6O2S/c1-22(35)32(42)41-16-15-39(20-25(41)7-11-36)31-26-8-14-38(27-6-2-5-23-17-28(34)44-30(23)27)19-24(26)18-29(37-31)43-21-33-9-3-12-40(33)13-4-10-33/h2,5-6,17-18,25H,1,3-4,7-10,12-16,19-21H2/t25-/m0/s1. The Hall–Kier alpha value is -3.39. The van der Waals surface area contributed by atoms with Crippen LogP contribution in [0.15, 0.2) is 42.7 Å². The summed E-state index contributed by atoms with van der Waals surface area (Å²) in [7, 11) is 0. The van der Waals surface area contributed by atoms with E-state index in [0.717, 1.165) is 65.6 Å². The highest BCUT2D eigenvalue weighted by Crippen LogP contribution is 2.42. The summed E-state index contributed by atoms with van der Waals surface area (Å²) in [6.07, 6.45) is 5.60. The Morgan fingerprint density at radius 2 is 2.00 bits per heavy atom. The minimum absolute atomic E-state index is 0.0938. The van der Waals surface area contributed by atoms with Crippen molar-refractivity contribution in [3.05, 3.63) is 58.2 Å². The monoisotopic (exact) mass is 634 g/mol. The summed E-state index contributed by atoms with van der Waals surface area (Å²) in [6, 6.07) is 12.2. The molecule has 11 heteroatoms. The summed E-state index contributed by atoms with van der Waals surface area (Å²) < 4.78 is 22.4. The molecule has 0 spiro atoms. The van der Waals surface area contributed by atoms with Crippen LogP contribution in [0.2, 0.25) is 4.34 Å². The van der Waals surface area contributed by atoms with Gasteiger partial charge in [-0.2, -0.15) is 10.2 Å². The number of benzene rings is 1. The Balaban J connectivity index is 1.22. The second-order valence-electron chi connectivity index (χ2n) is 12.4. The molecule has 1 amide bonds. The van der Waals surface area contributed by atoms with Crippen LogP contribution >= 0.6 is 22.9 Å². The van der Waals surface area contributed by atoms with Crippen LogP contribution in [0, 0.1) is 11.3 Å². The number of thiophene rings is 1. The Bertz CT molecular complexity index is 1640. The van der Waals surface area contributed by atoms with Crippen LogP contribution in [-0.2, 0) is 17.8 Å². The molecule has 6 heterocycles. The van der Waals surface area contributed by atoms with Gasteiger partial charge in [-0.3, -0.25) is 9.69 Å². The Morgan fingerprint density at radius 1 is 1.18 bits per heavy atom. The molecule has 0 radical (unpaired) electrons. The van der Waals surface area contributed by atoms with E-state index >= 15 is 0 Å². The number of ether oxygens (including phenoxy) is 1. The lowest BCUT2D eigenvalue weighted by molar-refractivity contribution is -0.131. The SMILES string of the molecule is C=C(F)C(=O)N1CCN(c2nc(OCC34CCCN3CCC4)cc3c2CCN(c2cccc4cc(Cl)sc24)C3)C[C@@H]1CC#N. The predicted octanol–water partition coefficient (Wildman–Crippen LogP) is 5.93. The van der Waals surface area contributed by atoms with E-state index in [2.05, 4.69) is 51.6 Å². The van der Waals surface area contributed by atoms with Crippen LogP contribution in [0.1, 0.15) is 43.2 Å². The van der Waals surface area contributed by atoms with Gasteiger partial charge in [0.05, 0.1) is 38.8 Å². The number of carbonyl (C=O) groups excluding carboxylic acids is 1. The topological polar surface area (TPSA) is 75.9 Å². The Kier molecular flexibility index (Phi) is 7.89. The van der Waals surface area contributed by atoms with Gasteiger partial charge < -0.3 is 19.4 Å². The van der Waals surface area contributed by atoms with E-state index < -0.39 is 17.8 Å². The fraction of sp³-hybridized carbons (Fsp3) is 0.485. The van der Waals surface area contributed by atoms with Crippen molar-refractivity contribution in [3.8, 4) is 11.9 Å². The van der Waals surface area contributed by atoms with Crippen molar-refractivity contribution in [2.45, 2.75) is 56.7 Å². The summed E-state index contributed by atoms with van der Waals surface area (Å²) in [5, 5.41) is 10.7. The van der Waals surface area contributed by atoms with Crippen molar-refractivity contribution < 1.29 is 13.9 Å². The van der Waals surface area contributed by atoms with E-state index in [4.69, 9.17) is 21.3 Å². The number of hydrogen-bond donors (Lipinski definition) is 0. The molecule has 3 aromatic rings. The molecule has 0 unspecified atom stereocenters. The lowest BCUT2D eigenvalue weighted by atomic mass is 9.95. The van der Waals surface area contributed by atoms with Crippen molar-refractivity contribution in [1.29, 1.82) is 5.26 Å². The maximum absolute atomic E-state index is 13.8. The molecule has 0 aliphatic carbocycles. The van der Waals surface area contributed by atoms with Gasteiger partial charge in [0.2, 0.25) is 5.88 Å². The van der Waals surface area contributed by atoms with Crippen LogP contribution in [0.4, 0.5) is 15.9 Å². The molecule has 0 bridgehead atoms. The Morgan fingerprint density at radius 3 is 2.77 bits per heavy atom. The molecule has 4 aliphatic rings. The molecule has 3 fully saturated rings. The van der Waals surface area contributed by atoms with Gasteiger partial charge in [-0.1, -0.05) is 30.3 Å². The molecule has 0 N–H and O–H groups in total. The number of fused-ring (bicyclic) bond motifs is 3. The van der Waals surface area contributed by atoms with Gasteiger partial charge in [-0.15, -0.1) is 11.3 Å². The number of halogens is 2. The first-order valence-corrected chi connectivity index (χ1v) is 16.7. The third-order valence-corrected chi connectivity index (χ3v) is 11.2. The van der Waals surface area contributed by atoms with Gasteiger partial charge in [-0.25, -0.2) is 4.39 Å². The summed E-state index contributed by atoms with van der Waals surface area (Å²) in [5.41, 5.74) is 3.59. The van der Waals surface area contributed by atoms with Gasteiger partial charge in [0.25, 0.3) is 5.91 Å². The number of amides is 1. The zero-order valence-corrected chi connectivity index (χ0v) is 26.3. The van der Waals surface area contributed by atoms with Crippen molar-refractivity contribution in [3.63, 3.8) is 0 Å². The van der Waals surface area contributed by atoms with Crippen LogP contribution in [0.25, 0.3) is 10.1 Å². The van der Waals surface area contributed by atoms with E-state index in [0.29, 0.717) is 38.7 Å². The first-order chi connectivity index (χ1) is 21.3. The number of hydrogen-bond acceptors (Lipinski definition) is 8. The van der Waals surface area contributed by atoms with E-state index in [-0.39, 0.29) is 12.0 Å². The highest BCUT2D eigenvalue weighted by atomic mass is 35.5. The number of nitrogens with zero attached hydrogens (tertiary/aromatic N) is 6. The molecule has 230 valence electrons. The lowest BCUT2D eigenvalue weighted by Gasteiger charge is -2.42. The summed E-state index contributed by atoms with van der Waals surface area (Å²) in [5.74, 6) is -0.288. The van der Waals surface area contributed by atoms with Gasteiger partial charge >= 0.3 is 0 Å². The quantitative estimate of drug-likeness (QED) is 0.298. The normalized spacial score (nSPS) is 21.3. The molecular formula is C33H36ClFN6O2S. The number of carbonyl (C=O) groups is 1. The highest BCUT2D eigenvalue weighted by molar-refractivity contribution is 7.23. The second-order valence-corrected chi connectivity index (χ2v) is 14.1. The molecule has 2 aromatic heterocycles. The summed E-state index contributed by atoms with van der Waals surface area (Å²) in [6.45, 7) is 8.77. The lowest BCUT2D eigenvalue weighted by Crippen LogP contribution is -2.55. The molecule has 8 nitrogen and oxygen atoms in total. The van der Waals surface area contributed by atoms with Crippen LogP contribution in [0.5, 0.6) is 5.88 Å². The van der Waals surface area contributed by atoms with E-state index in [1.54, 1.807) is 11.3 Å². The first-order valence-electron chi connectivity index (χ1n) is 15.5. The van der Waals surface area contributed by atoms with Gasteiger partial charge in [0, 0.05) is 44.4 Å². The number of anilines is 2. The largest absolute Gasteiger partial charge is 0.476 e. The summed E-state index contributed by atoms with van der Waals surface area (Å²) >= 11 is 8.01. The number of nitriles is 1.